The molecule has 32 heavy (non-hydrogen) atoms. The SMILES string of the molecule is COC(=O)c1cc(Oc2cnc(N3CCC(C)CC3)nc2)nc(-c2cc(Cl)cc(Cl)c2)c1. The molecule has 4 rings (SSSR count). The maximum Gasteiger partial charge on any atom is 0.338 e. The minimum absolute atomic E-state index is 0.196. The Balaban J connectivity index is 1.60. The number of carbonyl (C=O) groups excluding carboxylic acids is 1. The second-order valence-electron chi connectivity index (χ2n) is 7.72. The Bertz CT molecular complexity index is 1100. The van der Waals surface area contributed by atoms with Crippen LogP contribution in [0.15, 0.2) is 42.7 Å². The van der Waals surface area contributed by atoms with E-state index in [1.807, 2.05) is 0 Å². The number of aromatic nitrogens is 3. The molecule has 0 saturated carbocycles. The number of halogens is 2. The van der Waals surface area contributed by atoms with E-state index in [1.165, 1.54) is 13.2 Å². The lowest BCUT2D eigenvalue weighted by atomic mass is 10.00. The summed E-state index contributed by atoms with van der Waals surface area (Å²) in [4.78, 5) is 27.7. The van der Waals surface area contributed by atoms with Gasteiger partial charge in [-0.25, -0.2) is 19.7 Å². The van der Waals surface area contributed by atoms with Crippen molar-refractivity contribution in [2.24, 2.45) is 5.92 Å². The number of methoxy groups -OCH3 is 1. The molecule has 9 heteroatoms. The van der Waals surface area contributed by atoms with E-state index in [9.17, 15) is 4.79 Å². The van der Waals surface area contributed by atoms with Crippen molar-refractivity contribution >= 4 is 35.1 Å². The Morgan fingerprint density at radius 2 is 1.69 bits per heavy atom. The van der Waals surface area contributed by atoms with Crippen LogP contribution in [0.4, 0.5) is 5.95 Å². The molecule has 0 atom stereocenters. The highest BCUT2D eigenvalue weighted by atomic mass is 35.5. The summed E-state index contributed by atoms with van der Waals surface area (Å²) in [6.45, 7) is 4.14. The summed E-state index contributed by atoms with van der Waals surface area (Å²) in [6.07, 6.45) is 5.45. The van der Waals surface area contributed by atoms with E-state index in [2.05, 4.69) is 26.8 Å². The number of piperidine rings is 1. The van der Waals surface area contributed by atoms with E-state index >= 15 is 0 Å². The smallest absolute Gasteiger partial charge is 0.338 e. The highest BCUT2D eigenvalue weighted by molar-refractivity contribution is 6.35. The van der Waals surface area contributed by atoms with E-state index in [0.29, 0.717) is 33.0 Å². The molecule has 3 aromatic rings. The summed E-state index contributed by atoms with van der Waals surface area (Å²) in [5.41, 5.74) is 1.39. The molecule has 0 aliphatic carbocycles. The molecule has 0 spiro atoms. The first-order valence-corrected chi connectivity index (χ1v) is 11.0. The van der Waals surface area contributed by atoms with Crippen LogP contribution in [0.25, 0.3) is 11.3 Å². The molecule has 1 aromatic carbocycles. The van der Waals surface area contributed by atoms with E-state index in [4.69, 9.17) is 32.7 Å². The molecule has 0 bridgehead atoms. The Hall–Kier alpha value is -2.90. The number of ether oxygens (including phenoxy) is 2. The predicted octanol–water partition coefficient (Wildman–Crippen LogP) is 5.66. The molecular weight excluding hydrogens is 451 g/mol. The molecule has 0 unspecified atom stereocenters. The van der Waals surface area contributed by atoms with E-state index in [1.54, 1.807) is 36.7 Å². The van der Waals surface area contributed by atoms with Gasteiger partial charge in [-0.1, -0.05) is 30.1 Å². The molecule has 166 valence electrons. The predicted molar refractivity (Wildman–Crippen MR) is 124 cm³/mol. The van der Waals surface area contributed by atoms with Gasteiger partial charge in [-0.05, 0) is 43.0 Å². The lowest BCUT2D eigenvalue weighted by molar-refractivity contribution is 0.0600. The summed E-state index contributed by atoms with van der Waals surface area (Å²) in [5, 5.41) is 0.910. The van der Waals surface area contributed by atoms with Crippen molar-refractivity contribution in [3.05, 3.63) is 58.3 Å². The number of nitrogens with zero attached hydrogens (tertiary/aromatic N) is 4. The van der Waals surface area contributed by atoms with E-state index in [0.717, 1.165) is 31.8 Å². The van der Waals surface area contributed by atoms with E-state index < -0.39 is 5.97 Å². The Labute approximate surface area is 196 Å². The third-order valence-electron chi connectivity index (χ3n) is 5.28. The zero-order chi connectivity index (χ0) is 22.7. The van der Waals surface area contributed by atoms with Gasteiger partial charge in [-0.15, -0.1) is 0 Å². The molecule has 3 heterocycles. The van der Waals surface area contributed by atoms with Gasteiger partial charge in [0.1, 0.15) is 0 Å². The Morgan fingerprint density at radius 1 is 1.03 bits per heavy atom. The zero-order valence-electron chi connectivity index (χ0n) is 17.7. The fourth-order valence-corrected chi connectivity index (χ4v) is 4.02. The molecule has 1 fully saturated rings. The van der Waals surface area contributed by atoms with Gasteiger partial charge in [0.2, 0.25) is 11.8 Å². The van der Waals surface area contributed by atoms with Crippen LogP contribution in [-0.2, 0) is 4.74 Å². The maximum atomic E-state index is 12.2. The second-order valence-corrected chi connectivity index (χ2v) is 8.59. The van der Waals surface area contributed by atoms with Crippen molar-refractivity contribution in [3.63, 3.8) is 0 Å². The van der Waals surface area contributed by atoms with Crippen LogP contribution in [0.3, 0.4) is 0 Å². The molecule has 0 amide bonds. The number of anilines is 1. The van der Waals surface area contributed by atoms with Crippen molar-refractivity contribution in [2.75, 3.05) is 25.1 Å². The van der Waals surface area contributed by atoms with Crippen molar-refractivity contribution in [2.45, 2.75) is 19.8 Å². The summed E-state index contributed by atoms with van der Waals surface area (Å²) in [6, 6.07) is 8.13. The minimum Gasteiger partial charge on any atom is -0.465 e. The number of esters is 1. The summed E-state index contributed by atoms with van der Waals surface area (Å²) >= 11 is 12.3. The minimum atomic E-state index is -0.516. The fourth-order valence-electron chi connectivity index (χ4n) is 3.50. The Kier molecular flexibility index (Phi) is 6.77. The fraction of sp³-hybridized carbons (Fsp3) is 0.304. The first kappa shape index (κ1) is 22.3. The van der Waals surface area contributed by atoms with Gasteiger partial charge in [0.05, 0.1) is 30.8 Å². The second kappa shape index (κ2) is 9.71. The van der Waals surface area contributed by atoms with Crippen LogP contribution in [0.1, 0.15) is 30.1 Å². The lowest BCUT2D eigenvalue weighted by Gasteiger charge is -2.30. The molecule has 1 saturated heterocycles. The van der Waals surface area contributed by atoms with Crippen LogP contribution >= 0.6 is 23.2 Å². The molecule has 0 radical (unpaired) electrons. The third-order valence-corrected chi connectivity index (χ3v) is 5.72. The van der Waals surface area contributed by atoms with Crippen molar-refractivity contribution in [3.8, 4) is 22.9 Å². The summed E-state index contributed by atoms with van der Waals surface area (Å²) in [7, 11) is 1.31. The lowest BCUT2D eigenvalue weighted by Crippen LogP contribution is -2.33. The van der Waals surface area contributed by atoms with Crippen LogP contribution in [0.2, 0.25) is 10.0 Å². The largest absolute Gasteiger partial charge is 0.465 e. The summed E-state index contributed by atoms with van der Waals surface area (Å²) < 4.78 is 10.7. The zero-order valence-corrected chi connectivity index (χ0v) is 19.2. The van der Waals surface area contributed by atoms with Crippen molar-refractivity contribution < 1.29 is 14.3 Å². The standard InChI is InChI=1S/C23H22Cl2N4O3/c1-14-3-5-29(6-4-14)23-26-12-19(13-27-23)32-21-10-16(22(30)31-2)9-20(28-21)15-7-17(24)11-18(25)8-15/h7-14H,3-6H2,1-2H3. The van der Waals surface area contributed by atoms with Crippen LogP contribution in [-0.4, -0.2) is 41.1 Å². The third kappa shape index (κ3) is 5.29. The van der Waals surface area contributed by atoms with Gasteiger partial charge < -0.3 is 14.4 Å². The van der Waals surface area contributed by atoms with Gasteiger partial charge in [0.25, 0.3) is 0 Å². The first-order chi connectivity index (χ1) is 15.4. The van der Waals surface area contributed by atoms with Gasteiger partial charge in [0, 0.05) is 34.8 Å². The summed E-state index contributed by atoms with van der Waals surface area (Å²) in [5.74, 6) is 1.49. The number of pyridine rings is 1. The normalized spacial score (nSPS) is 14.3. The molecule has 2 aromatic heterocycles. The number of hydrogen-bond donors (Lipinski definition) is 0. The maximum absolute atomic E-state index is 12.2. The average Bonchev–Trinajstić information content (AvgIpc) is 2.79. The quantitative estimate of drug-likeness (QED) is 0.443. The van der Waals surface area contributed by atoms with E-state index in [-0.39, 0.29) is 11.4 Å². The average molecular weight is 473 g/mol. The van der Waals surface area contributed by atoms with Crippen LogP contribution in [0, 0.1) is 5.92 Å². The monoisotopic (exact) mass is 472 g/mol. The molecule has 1 aliphatic rings. The first-order valence-electron chi connectivity index (χ1n) is 10.2. The highest BCUT2D eigenvalue weighted by Gasteiger charge is 2.18. The number of rotatable bonds is 5. The van der Waals surface area contributed by atoms with Gasteiger partial charge in [0.15, 0.2) is 5.75 Å². The molecular formula is C23H22Cl2N4O3. The van der Waals surface area contributed by atoms with Crippen molar-refractivity contribution in [1.82, 2.24) is 15.0 Å². The van der Waals surface area contributed by atoms with Gasteiger partial charge in [-0.3, -0.25) is 0 Å². The molecule has 7 nitrogen and oxygen atoms in total. The van der Waals surface area contributed by atoms with Gasteiger partial charge >= 0.3 is 5.97 Å². The molecule has 1 aliphatic heterocycles. The number of carbonyl (C=O) groups is 1. The number of hydrogen-bond acceptors (Lipinski definition) is 7. The van der Waals surface area contributed by atoms with Crippen LogP contribution in [0.5, 0.6) is 11.6 Å². The Morgan fingerprint density at radius 3 is 2.31 bits per heavy atom. The highest BCUT2D eigenvalue weighted by Crippen LogP contribution is 2.30. The van der Waals surface area contributed by atoms with Crippen molar-refractivity contribution in [1.29, 1.82) is 0 Å². The van der Waals surface area contributed by atoms with Gasteiger partial charge in [-0.2, -0.15) is 0 Å². The molecule has 0 N–H and O–H groups in total. The topological polar surface area (TPSA) is 77.4 Å². The van der Waals surface area contributed by atoms with Crippen LogP contribution < -0.4 is 9.64 Å². The number of benzene rings is 1.